The number of aliphatic hydroxyl groups is 3. The van der Waals surface area contributed by atoms with Gasteiger partial charge >= 0.3 is 6.09 Å². The number of hydrogen-bond donors (Lipinski definition) is 3. The molecule has 0 bridgehead atoms. The number of rotatable bonds is 2. The van der Waals surface area contributed by atoms with Gasteiger partial charge in [0.25, 0.3) is 0 Å². The van der Waals surface area contributed by atoms with E-state index in [0.29, 0.717) is 19.5 Å². The van der Waals surface area contributed by atoms with Crippen LogP contribution in [0.1, 0.15) is 73.1 Å². The number of hydrogen-bond acceptors (Lipinski definition) is 7. The van der Waals surface area contributed by atoms with Crippen molar-refractivity contribution in [2.75, 3.05) is 13.1 Å². The number of nitrogens with zero attached hydrogens (tertiary/aromatic N) is 1. The molecule has 4 fully saturated rings. The first kappa shape index (κ1) is 24.6. The molecule has 186 valence electrons. The molecule has 2 aliphatic carbocycles. The molecule has 3 N–H and O–H groups in total. The van der Waals surface area contributed by atoms with Crippen LogP contribution in [0.4, 0.5) is 4.79 Å². The molecule has 4 rings (SSSR count). The number of ether oxygens (including phenoxy) is 2. The average Bonchev–Trinajstić information content (AvgIpc) is 3.23. The zero-order valence-corrected chi connectivity index (χ0v) is 20.5. The van der Waals surface area contributed by atoms with Gasteiger partial charge < -0.3 is 29.7 Å². The molecule has 8 nitrogen and oxygen atoms in total. The molecule has 0 unspecified atom stereocenters. The van der Waals surface area contributed by atoms with Crippen molar-refractivity contribution >= 4 is 11.9 Å². The Kier molecular flexibility index (Phi) is 5.42. The number of ketones is 1. The van der Waals surface area contributed by atoms with Crippen LogP contribution >= 0.6 is 0 Å². The van der Waals surface area contributed by atoms with Crippen molar-refractivity contribution in [2.45, 2.75) is 102 Å². The predicted molar refractivity (Wildman–Crippen MR) is 120 cm³/mol. The molecule has 2 saturated heterocycles. The van der Waals surface area contributed by atoms with Crippen molar-refractivity contribution in [1.82, 2.24) is 4.90 Å². The van der Waals surface area contributed by atoms with Gasteiger partial charge in [0.2, 0.25) is 5.79 Å². The van der Waals surface area contributed by atoms with Gasteiger partial charge in [0.15, 0.2) is 11.4 Å². The molecule has 0 aromatic carbocycles. The average molecular weight is 466 g/mol. The highest BCUT2D eigenvalue weighted by Crippen LogP contribution is 2.69. The van der Waals surface area contributed by atoms with E-state index in [9.17, 15) is 24.9 Å². The molecular weight excluding hydrogens is 426 g/mol. The zero-order chi connectivity index (χ0) is 24.7. The van der Waals surface area contributed by atoms with Gasteiger partial charge in [0.1, 0.15) is 5.60 Å². The van der Waals surface area contributed by atoms with Crippen LogP contribution in [0.25, 0.3) is 0 Å². The van der Waals surface area contributed by atoms with E-state index < -0.39 is 57.3 Å². The Balaban J connectivity index is 1.88. The summed E-state index contributed by atoms with van der Waals surface area (Å²) in [6.07, 6.45) is 1.90. The molecule has 4 aliphatic rings. The Bertz CT molecular complexity index is 869. The molecule has 8 heteroatoms. The van der Waals surface area contributed by atoms with Crippen molar-refractivity contribution in [3.8, 4) is 0 Å². The number of carbonyl (C=O) groups excluding carboxylic acids is 2. The maximum atomic E-state index is 13.8. The fraction of sp³-hybridized carbons (Fsp3) is 0.840. The summed E-state index contributed by atoms with van der Waals surface area (Å²) in [7, 11) is 0. The van der Waals surface area contributed by atoms with Gasteiger partial charge in [0.05, 0.1) is 17.1 Å². The van der Waals surface area contributed by atoms with Gasteiger partial charge in [-0.15, -0.1) is 6.58 Å². The third-order valence-electron chi connectivity index (χ3n) is 9.31. The Hall–Kier alpha value is -1.48. The minimum absolute atomic E-state index is 0.00148. The molecule has 7 atom stereocenters. The fourth-order valence-corrected chi connectivity index (χ4v) is 7.64. The lowest BCUT2D eigenvalue weighted by Crippen LogP contribution is -2.85. The Morgan fingerprint density at radius 3 is 2.33 bits per heavy atom. The lowest BCUT2D eigenvalue weighted by molar-refractivity contribution is -0.399. The van der Waals surface area contributed by atoms with Gasteiger partial charge in [-0.3, -0.25) is 4.79 Å². The van der Waals surface area contributed by atoms with E-state index in [4.69, 9.17) is 9.47 Å². The van der Waals surface area contributed by atoms with Crippen molar-refractivity contribution in [3.63, 3.8) is 0 Å². The quantitative estimate of drug-likeness (QED) is 0.424. The Labute approximate surface area is 195 Å². The topological polar surface area (TPSA) is 117 Å². The smallest absolute Gasteiger partial charge is 0.412 e. The predicted octanol–water partition coefficient (Wildman–Crippen LogP) is 2.54. The molecule has 2 heterocycles. The van der Waals surface area contributed by atoms with Gasteiger partial charge in [-0.2, -0.15) is 0 Å². The monoisotopic (exact) mass is 465 g/mol. The van der Waals surface area contributed by atoms with Crippen LogP contribution in [0.3, 0.4) is 0 Å². The van der Waals surface area contributed by atoms with E-state index in [1.165, 1.54) is 11.0 Å². The van der Waals surface area contributed by atoms with Crippen LogP contribution in [0, 0.1) is 16.7 Å². The summed E-state index contributed by atoms with van der Waals surface area (Å²) in [5.74, 6) is -3.41. The second kappa shape index (κ2) is 7.26. The summed E-state index contributed by atoms with van der Waals surface area (Å²) in [5.41, 5.74) is -7.03. The highest BCUT2D eigenvalue weighted by molar-refractivity contribution is 5.92. The van der Waals surface area contributed by atoms with Crippen molar-refractivity contribution < 1.29 is 34.4 Å². The summed E-state index contributed by atoms with van der Waals surface area (Å²) < 4.78 is 12.1. The number of likely N-dealkylation sites (tertiary alicyclic amines) is 1. The largest absolute Gasteiger partial charge is 0.416 e. The molecule has 0 radical (unpaired) electrons. The van der Waals surface area contributed by atoms with E-state index in [0.717, 1.165) is 12.8 Å². The lowest BCUT2D eigenvalue weighted by atomic mass is 9.39. The number of Topliss-reactive ketones (excluding diaryl/α,β-unsaturated/α-hetero) is 1. The molecule has 2 saturated carbocycles. The third kappa shape index (κ3) is 3.10. The molecule has 0 spiro atoms. The SMILES string of the molecule is C=C[C@@]1(C)CC(=O)[C@]2(O)[C@]3(C)[C@@H]([C@H](O)C[C@@]2(C)O1)C(C)(C)CC[C@@]3(O)OC(=O)N1CCCC1. The standard InChI is InChI=1S/C25H39NO7/c1-7-21(4)15-17(28)25(31)22(5,33-21)14-16(27)18-20(2,3)10-11-24(30,23(18,25)6)32-19(29)26-12-8-9-13-26/h7,16,18,27,30-31H,1,8-15H2,2-6H3/t16-,18+,21+,22-,23-,24-,25-/m1/s1. The minimum Gasteiger partial charge on any atom is -0.416 e. The van der Waals surface area contributed by atoms with E-state index in [2.05, 4.69) is 6.58 Å². The van der Waals surface area contributed by atoms with Crippen LogP contribution in [0.15, 0.2) is 12.7 Å². The first-order chi connectivity index (χ1) is 15.1. The number of fused-ring (bicyclic) bond motifs is 3. The summed E-state index contributed by atoms with van der Waals surface area (Å²) >= 11 is 0. The minimum atomic E-state index is -2.20. The van der Waals surface area contributed by atoms with Crippen LogP contribution in [-0.4, -0.2) is 73.9 Å². The highest BCUT2D eigenvalue weighted by Gasteiger charge is 2.82. The van der Waals surface area contributed by atoms with E-state index in [1.54, 1.807) is 20.8 Å². The van der Waals surface area contributed by atoms with Crippen LogP contribution in [-0.2, 0) is 14.3 Å². The number of aliphatic hydroxyl groups excluding tert-OH is 1. The first-order valence-electron chi connectivity index (χ1n) is 12.1. The normalized spacial score (nSPS) is 49.2. The van der Waals surface area contributed by atoms with Gasteiger partial charge in [-0.1, -0.05) is 19.9 Å². The first-order valence-corrected chi connectivity index (χ1v) is 12.1. The summed E-state index contributed by atoms with van der Waals surface area (Å²) in [5, 5.41) is 35.9. The van der Waals surface area contributed by atoms with Crippen LogP contribution < -0.4 is 0 Å². The van der Waals surface area contributed by atoms with E-state index in [1.807, 2.05) is 13.8 Å². The molecule has 1 amide bonds. The summed E-state index contributed by atoms with van der Waals surface area (Å²) in [4.78, 5) is 28.4. The number of carbonyl (C=O) groups is 2. The maximum absolute atomic E-state index is 13.8. The maximum Gasteiger partial charge on any atom is 0.412 e. The molecule has 0 aromatic rings. The Morgan fingerprint density at radius 1 is 1.15 bits per heavy atom. The summed E-state index contributed by atoms with van der Waals surface area (Å²) in [6.45, 7) is 13.7. The van der Waals surface area contributed by atoms with E-state index in [-0.39, 0.29) is 19.3 Å². The molecular formula is C25H39NO7. The second-order valence-electron chi connectivity index (χ2n) is 11.9. The second-order valence-corrected chi connectivity index (χ2v) is 11.9. The van der Waals surface area contributed by atoms with Crippen molar-refractivity contribution in [1.29, 1.82) is 0 Å². The van der Waals surface area contributed by atoms with Gasteiger partial charge in [0, 0.05) is 38.3 Å². The van der Waals surface area contributed by atoms with Gasteiger partial charge in [-0.25, -0.2) is 4.79 Å². The van der Waals surface area contributed by atoms with Crippen LogP contribution in [0.2, 0.25) is 0 Å². The Morgan fingerprint density at radius 2 is 1.76 bits per heavy atom. The molecule has 2 aliphatic heterocycles. The highest BCUT2D eigenvalue weighted by atomic mass is 16.7. The third-order valence-corrected chi connectivity index (χ3v) is 9.31. The fourth-order valence-electron chi connectivity index (χ4n) is 7.64. The molecule has 33 heavy (non-hydrogen) atoms. The molecule has 0 aromatic heterocycles. The van der Waals surface area contributed by atoms with Crippen molar-refractivity contribution in [2.24, 2.45) is 16.7 Å². The van der Waals surface area contributed by atoms with Crippen molar-refractivity contribution in [3.05, 3.63) is 12.7 Å². The zero-order valence-electron chi connectivity index (χ0n) is 20.5. The van der Waals surface area contributed by atoms with Gasteiger partial charge in [-0.05, 0) is 45.4 Å². The van der Waals surface area contributed by atoms with Crippen LogP contribution in [0.5, 0.6) is 0 Å². The summed E-state index contributed by atoms with van der Waals surface area (Å²) in [6, 6.07) is 0. The lowest BCUT2D eigenvalue weighted by Gasteiger charge is -2.71. The van der Waals surface area contributed by atoms with E-state index >= 15 is 0 Å². The number of amides is 1.